The fraction of sp³-hybridized carbons (Fsp3) is 0.286. The Morgan fingerprint density at radius 2 is 1.31 bits per heavy atom. The van der Waals surface area contributed by atoms with Crippen molar-refractivity contribution in [1.29, 1.82) is 0 Å². The minimum Gasteiger partial charge on any atom is -0.464 e. The van der Waals surface area contributed by atoms with Crippen LogP contribution in [-0.2, 0) is 32.2 Å². The predicted molar refractivity (Wildman–Crippen MR) is 105 cm³/mol. The zero-order valence-corrected chi connectivity index (χ0v) is 16.1. The monoisotopic (exact) mass is 400 g/mol. The summed E-state index contributed by atoms with van der Waals surface area (Å²) in [5.74, 6) is -0.687. The molecule has 0 aliphatic rings. The highest BCUT2D eigenvalue weighted by atomic mass is 16.6. The van der Waals surface area contributed by atoms with Crippen molar-refractivity contribution < 1.29 is 28.6 Å². The SMILES string of the molecule is CCOC(=O)C(CNC(=O)OCc1ccccc1)NC(=O)OCc1ccccc1. The fourth-order valence-electron chi connectivity index (χ4n) is 2.30. The van der Waals surface area contributed by atoms with Crippen LogP contribution in [0.1, 0.15) is 18.1 Å². The summed E-state index contributed by atoms with van der Waals surface area (Å²) >= 11 is 0. The van der Waals surface area contributed by atoms with E-state index in [1.54, 1.807) is 19.1 Å². The number of esters is 1. The van der Waals surface area contributed by atoms with Crippen molar-refractivity contribution in [2.24, 2.45) is 0 Å². The molecule has 154 valence electrons. The van der Waals surface area contributed by atoms with Gasteiger partial charge < -0.3 is 24.8 Å². The van der Waals surface area contributed by atoms with E-state index in [0.29, 0.717) is 0 Å². The Labute approximate surface area is 169 Å². The van der Waals surface area contributed by atoms with Gasteiger partial charge in [-0.15, -0.1) is 0 Å². The van der Waals surface area contributed by atoms with E-state index in [9.17, 15) is 14.4 Å². The zero-order valence-electron chi connectivity index (χ0n) is 16.1. The standard InChI is InChI=1S/C21H24N2O6/c1-2-27-19(24)18(23-21(26)29-15-17-11-7-4-8-12-17)13-22-20(25)28-14-16-9-5-3-6-10-16/h3-12,18H,2,13-15H2,1H3,(H,22,25)(H,23,26). The van der Waals surface area contributed by atoms with E-state index in [0.717, 1.165) is 11.1 Å². The zero-order chi connectivity index (χ0) is 20.9. The summed E-state index contributed by atoms with van der Waals surface area (Å²) in [4.78, 5) is 35.9. The van der Waals surface area contributed by atoms with Gasteiger partial charge >= 0.3 is 18.2 Å². The Kier molecular flexibility index (Phi) is 9.01. The van der Waals surface area contributed by atoms with Crippen LogP contribution in [0.4, 0.5) is 9.59 Å². The molecule has 2 amide bonds. The van der Waals surface area contributed by atoms with E-state index in [4.69, 9.17) is 14.2 Å². The average molecular weight is 400 g/mol. The number of carbonyl (C=O) groups excluding carboxylic acids is 3. The van der Waals surface area contributed by atoms with Crippen molar-refractivity contribution in [3.05, 3.63) is 71.8 Å². The highest BCUT2D eigenvalue weighted by Gasteiger charge is 2.23. The highest BCUT2D eigenvalue weighted by Crippen LogP contribution is 2.02. The summed E-state index contributed by atoms with van der Waals surface area (Å²) in [7, 11) is 0. The van der Waals surface area contributed by atoms with Crippen LogP contribution in [0.2, 0.25) is 0 Å². The minimum absolute atomic E-state index is 0.0504. The molecule has 2 aromatic rings. The lowest BCUT2D eigenvalue weighted by Crippen LogP contribution is -2.49. The summed E-state index contributed by atoms with van der Waals surface area (Å²) in [5, 5.41) is 4.83. The fourth-order valence-corrected chi connectivity index (χ4v) is 2.30. The largest absolute Gasteiger partial charge is 0.464 e. The van der Waals surface area contributed by atoms with Gasteiger partial charge in [0.2, 0.25) is 0 Å². The molecule has 29 heavy (non-hydrogen) atoms. The van der Waals surface area contributed by atoms with Gasteiger partial charge in [0.25, 0.3) is 0 Å². The van der Waals surface area contributed by atoms with E-state index >= 15 is 0 Å². The highest BCUT2D eigenvalue weighted by molar-refractivity contribution is 5.82. The van der Waals surface area contributed by atoms with Crippen molar-refractivity contribution in [2.75, 3.05) is 13.2 Å². The van der Waals surface area contributed by atoms with Crippen LogP contribution < -0.4 is 10.6 Å². The molecule has 8 nitrogen and oxygen atoms in total. The normalized spacial score (nSPS) is 11.1. The molecule has 2 N–H and O–H groups in total. The molecule has 8 heteroatoms. The van der Waals surface area contributed by atoms with Gasteiger partial charge in [0.15, 0.2) is 0 Å². The maximum Gasteiger partial charge on any atom is 0.408 e. The van der Waals surface area contributed by atoms with Crippen molar-refractivity contribution in [2.45, 2.75) is 26.2 Å². The average Bonchev–Trinajstić information content (AvgIpc) is 2.75. The molecule has 0 fully saturated rings. The van der Waals surface area contributed by atoms with Crippen LogP contribution in [0, 0.1) is 0 Å². The van der Waals surface area contributed by atoms with Crippen LogP contribution in [0.3, 0.4) is 0 Å². The van der Waals surface area contributed by atoms with E-state index in [2.05, 4.69) is 10.6 Å². The molecule has 1 atom stereocenters. The number of hydrogen-bond acceptors (Lipinski definition) is 6. The molecule has 0 aromatic heterocycles. The van der Waals surface area contributed by atoms with Crippen LogP contribution in [0.25, 0.3) is 0 Å². The Morgan fingerprint density at radius 1 is 0.793 bits per heavy atom. The summed E-state index contributed by atoms with van der Waals surface area (Å²) in [6.45, 7) is 1.71. The van der Waals surface area contributed by atoms with Gasteiger partial charge in [-0.05, 0) is 18.1 Å². The second-order valence-electron chi connectivity index (χ2n) is 5.95. The Morgan fingerprint density at radius 3 is 1.83 bits per heavy atom. The summed E-state index contributed by atoms with van der Waals surface area (Å²) < 4.78 is 15.1. The Bertz CT molecular complexity index is 782. The minimum atomic E-state index is -1.11. The molecule has 0 heterocycles. The molecule has 2 aromatic carbocycles. The van der Waals surface area contributed by atoms with Crippen molar-refractivity contribution in [3.63, 3.8) is 0 Å². The van der Waals surface area contributed by atoms with Gasteiger partial charge in [0.05, 0.1) is 13.2 Å². The van der Waals surface area contributed by atoms with Gasteiger partial charge in [-0.25, -0.2) is 14.4 Å². The molecule has 2 rings (SSSR count). The second-order valence-corrected chi connectivity index (χ2v) is 5.95. The molecule has 0 radical (unpaired) electrons. The molecular weight excluding hydrogens is 376 g/mol. The molecule has 0 bridgehead atoms. The Hall–Kier alpha value is -3.55. The Balaban J connectivity index is 1.80. The van der Waals surface area contributed by atoms with Gasteiger partial charge in [-0.3, -0.25) is 0 Å². The van der Waals surface area contributed by atoms with Crippen molar-refractivity contribution in [3.8, 4) is 0 Å². The van der Waals surface area contributed by atoms with E-state index in [-0.39, 0.29) is 26.4 Å². The molecule has 1 unspecified atom stereocenters. The van der Waals surface area contributed by atoms with Gasteiger partial charge in [0, 0.05) is 0 Å². The van der Waals surface area contributed by atoms with Crippen molar-refractivity contribution in [1.82, 2.24) is 10.6 Å². The number of rotatable bonds is 9. The van der Waals surface area contributed by atoms with E-state index < -0.39 is 24.2 Å². The topological polar surface area (TPSA) is 103 Å². The number of alkyl carbamates (subject to hydrolysis) is 2. The summed E-state index contributed by atoms with van der Waals surface area (Å²) in [6, 6.07) is 17.2. The molecule has 0 aliphatic heterocycles. The second kappa shape index (κ2) is 12.0. The molecular formula is C21H24N2O6. The number of ether oxygens (including phenoxy) is 3. The van der Waals surface area contributed by atoms with Crippen LogP contribution >= 0.6 is 0 Å². The lowest BCUT2D eigenvalue weighted by atomic mass is 10.2. The first-order chi connectivity index (χ1) is 14.1. The maximum atomic E-state index is 12.1. The third-order valence-electron chi connectivity index (χ3n) is 3.74. The predicted octanol–water partition coefficient (Wildman–Crippen LogP) is 2.77. The van der Waals surface area contributed by atoms with Gasteiger partial charge in [0.1, 0.15) is 19.3 Å². The summed E-state index contributed by atoms with van der Waals surface area (Å²) in [5.41, 5.74) is 1.63. The summed E-state index contributed by atoms with van der Waals surface area (Å²) in [6.07, 6.45) is -1.52. The number of nitrogens with one attached hydrogen (secondary N) is 2. The molecule has 0 aliphatic carbocycles. The number of amides is 2. The molecule has 0 spiro atoms. The lowest BCUT2D eigenvalue weighted by Gasteiger charge is -2.17. The maximum absolute atomic E-state index is 12.1. The number of carbonyl (C=O) groups is 3. The molecule has 0 saturated heterocycles. The van der Waals surface area contributed by atoms with Gasteiger partial charge in [-0.2, -0.15) is 0 Å². The van der Waals surface area contributed by atoms with Gasteiger partial charge in [-0.1, -0.05) is 60.7 Å². The smallest absolute Gasteiger partial charge is 0.408 e. The van der Waals surface area contributed by atoms with E-state index in [1.807, 2.05) is 48.5 Å². The first kappa shape index (κ1) is 21.7. The first-order valence-corrected chi connectivity index (χ1v) is 9.17. The number of hydrogen-bond donors (Lipinski definition) is 2. The molecule has 0 saturated carbocycles. The van der Waals surface area contributed by atoms with Crippen LogP contribution in [0.5, 0.6) is 0 Å². The van der Waals surface area contributed by atoms with Crippen LogP contribution in [-0.4, -0.2) is 37.3 Å². The lowest BCUT2D eigenvalue weighted by molar-refractivity contribution is -0.145. The first-order valence-electron chi connectivity index (χ1n) is 9.17. The quantitative estimate of drug-likeness (QED) is 0.496. The van der Waals surface area contributed by atoms with E-state index in [1.165, 1.54) is 0 Å². The third kappa shape index (κ3) is 8.34. The number of benzene rings is 2. The van der Waals surface area contributed by atoms with Crippen LogP contribution in [0.15, 0.2) is 60.7 Å². The third-order valence-corrected chi connectivity index (χ3v) is 3.74. The van der Waals surface area contributed by atoms with Crippen molar-refractivity contribution >= 4 is 18.2 Å².